The van der Waals surface area contributed by atoms with Gasteiger partial charge in [-0.05, 0) is 32.7 Å². The number of nitrogens with one attached hydrogen (secondary N) is 1. The highest BCUT2D eigenvalue weighted by Crippen LogP contribution is 2.21. The zero-order chi connectivity index (χ0) is 12.8. The summed E-state index contributed by atoms with van der Waals surface area (Å²) in [4.78, 5) is 23.8. The second-order valence-corrected chi connectivity index (χ2v) is 4.71. The normalized spacial score (nSPS) is 24.6. The molecule has 6 heteroatoms. The fraction of sp³-hybridized carbons (Fsp3) is 0.818. The van der Waals surface area contributed by atoms with Gasteiger partial charge in [0.2, 0.25) is 5.91 Å². The maximum Gasteiger partial charge on any atom is 0.318 e. The summed E-state index contributed by atoms with van der Waals surface area (Å²) in [5.41, 5.74) is 10.7. The number of rotatable bonds is 4. The van der Waals surface area contributed by atoms with Gasteiger partial charge in [-0.2, -0.15) is 0 Å². The summed E-state index contributed by atoms with van der Waals surface area (Å²) in [6, 6.07) is 0.0373. The molecule has 1 rings (SSSR count). The summed E-state index contributed by atoms with van der Waals surface area (Å²) in [6.07, 6.45) is 4.54. The fourth-order valence-electron chi connectivity index (χ4n) is 2.20. The van der Waals surface area contributed by atoms with E-state index in [1.165, 1.54) is 0 Å². The first-order valence-corrected chi connectivity index (χ1v) is 6.04. The van der Waals surface area contributed by atoms with Crippen LogP contribution in [0.3, 0.4) is 0 Å². The van der Waals surface area contributed by atoms with Gasteiger partial charge in [0.25, 0.3) is 0 Å². The van der Waals surface area contributed by atoms with E-state index in [2.05, 4.69) is 10.2 Å². The second kappa shape index (κ2) is 6.56. The first-order chi connectivity index (χ1) is 7.99. The Hall–Kier alpha value is -1.14. The molecule has 1 aliphatic rings. The minimum absolute atomic E-state index is 0.294. The summed E-state index contributed by atoms with van der Waals surface area (Å²) >= 11 is 0. The van der Waals surface area contributed by atoms with Gasteiger partial charge < -0.3 is 16.4 Å². The van der Waals surface area contributed by atoms with Crippen LogP contribution in [-0.4, -0.2) is 42.5 Å². The molecule has 0 aromatic rings. The topological polar surface area (TPSA) is 101 Å². The van der Waals surface area contributed by atoms with Crippen molar-refractivity contribution in [1.82, 2.24) is 10.2 Å². The van der Waals surface area contributed by atoms with E-state index in [4.69, 9.17) is 11.5 Å². The molecule has 98 valence electrons. The Kier molecular flexibility index (Phi) is 5.37. The van der Waals surface area contributed by atoms with E-state index in [0.717, 1.165) is 25.7 Å². The van der Waals surface area contributed by atoms with Crippen LogP contribution >= 0.6 is 0 Å². The van der Waals surface area contributed by atoms with Crippen molar-refractivity contribution in [2.75, 3.05) is 13.6 Å². The van der Waals surface area contributed by atoms with Crippen LogP contribution in [0.4, 0.5) is 4.79 Å². The van der Waals surface area contributed by atoms with Gasteiger partial charge in [-0.1, -0.05) is 0 Å². The SMILES string of the molecule is CN(CCC(=O)NC(N)=O)C1CCC(N)CC1. The number of imide groups is 1. The lowest BCUT2D eigenvalue weighted by atomic mass is 9.91. The van der Waals surface area contributed by atoms with E-state index in [9.17, 15) is 9.59 Å². The molecule has 0 bridgehead atoms. The third kappa shape index (κ3) is 5.14. The molecule has 0 atom stereocenters. The van der Waals surface area contributed by atoms with Crippen molar-refractivity contribution >= 4 is 11.9 Å². The first kappa shape index (κ1) is 13.9. The molecule has 1 fully saturated rings. The third-order valence-electron chi connectivity index (χ3n) is 3.32. The minimum Gasteiger partial charge on any atom is -0.351 e. The maximum atomic E-state index is 11.2. The van der Waals surface area contributed by atoms with Gasteiger partial charge in [0.1, 0.15) is 0 Å². The molecule has 0 aliphatic heterocycles. The Morgan fingerprint density at radius 1 is 1.29 bits per heavy atom. The predicted octanol–water partition coefficient (Wildman–Crippen LogP) is -0.227. The number of amides is 3. The highest BCUT2D eigenvalue weighted by Gasteiger charge is 2.22. The molecule has 0 unspecified atom stereocenters. The zero-order valence-electron chi connectivity index (χ0n) is 10.3. The number of carbonyl (C=O) groups is 2. The molecule has 0 saturated heterocycles. The Morgan fingerprint density at radius 3 is 2.41 bits per heavy atom. The number of nitrogens with two attached hydrogens (primary N) is 2. The van der Waals surface area contributed by atoms with Crippen molar-refractivity contribution in [3.63, 3.8) is 0 Å². The number of urea groups is 1. The number of nitrogens with zero attached hydrogens (tertiary/aromatic N) is 1. The molecular formula is C11H22N4O2. The van der Waals surface area contributed by atoms with Crippen molar-refractivity contribution in [2.24, 2.45) is 11.5 Å². The van der Waals surface area contributed by atoms with Gasteiger partial charge in [-0.15, -0.1) is 0 Å². The van der Waals surface area contributed by atoms with Crippen molar-refractivity contribution in [1.29, 1.82) is 0 Å². The average Bonchev–Trinajstić information content (AvgIpc) is 2.26. The van der Waals surface area contributed by atoms with Crippen LogP contribution < -0.4 is 16.8 Å². The minimum atomic E-state index is -0.790. The average molecular weight is 242 g/mol. The lowest BCUT2D eigenvalue weighted by molar-refractivity contribution is -0.120. The van der Waals surface area contributed by atoms with E-state index in [1.54, 1.807) is 0 Å². The summed E-state index contributed by atoms with van der Waals surface area (Å²) in [5.74, 6) is -0.322. The smallest absolute Gasteiger partial charge is 0.318 e. The van der Waals surface area contributed by atoms with Gasteiger partial charge in [-0.3, -0.25) is 10.1 Å². The zero-order valence-corrected chi connectivity index (χ0v) is 10.3. The second-order valence-electron chi connectivity index (χ2n) is 4.71. The molecule has 1 aliphatic carbocycles. The lowest BCUT2D eigenvalue weighted by Crippen LogP contribution is -2.41. The number of hydrogen-bond donors (Lipinski definition) is 3. The predicted molar refractivity (Wildman–Crippen MR) is 65.2 cm³/mol. The van der Waals surface area contributed by atoms with Crippen molar-refractivity contribution in [3.05, 3.63) is 0 Å². The number of carbonyl (C=O) groups excluding carboxylic acids is 2. The monoisotopic (exact) mass is 242 g/mol. The molecule has 6 nitrogen and oxygen atoms in total. The van der Waals surface area contributed by atoms with Gasteiger partial charge in [-0.25, -0.2) is 4.79 Å². The summed E-state index contributed by atoms with van der Waals surface area (Å²) < 4.78 is 0. The van der Waals surface area contributed by atoms with Crippen LogP contribution in [-0.2, 0) is 4.79 Å². The van der Waals surface area contributed by atoms with Crippen molar-refractivity contribution < 1.29 is 9.59 Å². The van der Waals surface area contributed by atoms with E-state index >= 15 is 0 Å². The van der Waals surface area contributed by atoms with Crippen LogP contribution in [0.5, 0.6) is 0 Å². The van der Waals surface area contributed by atoms with E-state index in [-0.39, 0.29) is 5.91 Å². The third-order valence-corrected chi connectivity index (χ3v) is 3.32. The van der Waals surface area contributed by atoms with E-state index in [1.807, 2.05) is 7.05 Å². The number of primary amides is 1. The summed E-state index contributed by atoms with van der Waals surface area (Å²) in [7, 11) is 2.00. The lowest BCUT2D eigenvalue weighted by Gasteiger charge is -2.33. The Morgan fingerprint density at radius 2 is 1.88 bits per heavy atom. The molecule has 0 aromatic heterocycles. The summed E-state index contributed by atoms with van der Waals surface area (Å²) in [6.45, 7) is 0.638. The molecule has 0 heterocycles. The Balaban J connectivity index is 2.22. The fourth-order valence-corrected chi connectivity index (χ4v) is 2.20. The van der Waals surface area contributed by atoms with Crippen LogP contribution in [0, 0.1) is 0 Å². The molecule has 0 spiro atoms. The Labute approximate surface area is 102 Å². The largest absolute Gasteiger partial charge is 0.351 e. The van der Waals surface area contributed by atoms with E-state index < -0.39 is 6.03 Å². The molecule has 1 saturated carbocycles. The molecule has 0 radical (unpaired) electrons. The van der Waals surface area contributed by atoms with Gasteiger partial charge >= 0.3 is 6.03 Å². The molecule has 3 amide bonds. The first-order valence-electron chi connectivity index (χ1n) is 6.04. The van der Waals surface area contributed by atoms with Gasteiger partial charge in [0, 0.05) is 25.0 Å². The van der Waals surface area contributed by atoms with Crippen molar-refractivity contribution in [3.8, 4) is 0 Å². The number of hydrogen-bond acceptors (Lipinski definition) is 4. The highest BCUT2D eigenvalue weighted by molar-refractivity contribution is 5.93. The molecule has 0 aromatic carbocycles. The van der Waals surface area contributed by atoms with Crippen LogP contribution in [0.2, 0.25) is 0 Å². The maximum absolute atomic E-state index is 11.2. The van der Waals surface area contributed by atoms with Gasteiger partial charge in [0.05, 0.1) is 0 Å². The molecule has 17 heavy (non-hydrogen) atoms. The van der Waals surface area contributed by atoms with Crippen LogP contribution in [0.1, 0.15) is 32.1 Å². The van der Waals surface area contributed by atoms with Gasteiger partial charge in [0.15, 0.2) is 0 Å². The Bertz CT molecular complexity index is 275. The molecule has 5 N–H and O–H groups in total. The molecular weight excluding hydrogens is 220 g/mol. The van der Waals surface area contributed by atoms with Crippen LogP contribution in [0.25, 0.3) is 0 Å². The summed E-state index contributed by atoms with van der Waals surface area (Å²) in [5, 5.41) is 2.06. The highest BCUT2D eigenvalue weighted by atomic mass is 16.2. The quantitative estimate of drug-likeness (QED) is 0.634. The standard InChI is InChI=1S/C11H22N4O2/c1-15(7-6-10(16)14-11(13)17)9-4-2-8(12)3-5-9/h8-9H,2-7,12H2,1H3,(H3,13,14,16,17). The van der Waals surface area contributed by atoms with E-state index in [0.29, 0.717) is 25.0 Å². The van der Waals surface area contributed by atoms with Crippen molar-refractivity contribution in [2.45, 2.75) is 44.2 Å². The van der Waals surface area contributed by atoms with Crippen LogP contribution in [0.15, 0.2) is 0 Å².